The molecule has 0 bridgehead atoms. The first kappa shape index (κ1) is 24.8. The fraction of sp³-hybridized carbons (Fsp3) is 0.0345. The molecule has 0 heterocycles. The molecule has 37 heavy (non-hydrogen) atoms. The number of nitrogens with zero attached hydrogens (tertiary/aromatic N) is 2. The van der Waals surface area contributed by atoms with Gasteiger partial charge in [0.05, 0.1) is 34.4 Å². The quantitative estimate of drug-likeness (QED) is 0.250. The van der Waals surface area contributed by atoms with Crippen molar-refractivity contribution in [2.24, 2.45) is 0 Å². The number of nitriles is 2. The van der Waals surface area contributed by atoms with Crippen LogP contribution in [0.15, 0.2) is 84.9 Å². The second kappa shape index (κ2) is 10.9. The summed E-state index contributed by atoms with van der Waals surface area (Å²) in [5.41, 5.74) is 1.17. The molecule has 0 saturated heterocycles. The van der Waals surface area contributed by atoms with Crippen molar-refractivity contribution in [1.29, 1.82) is 10.5 Å². The summed E-state index contributed by atoms with van der Waals surface area (Å²) in [5.74, 6) is -3.07. The molecule has 4 rings (SSSR count). The van der Waals surface area contributed by atoms with E-state index in [4.69, 9.17) is 20.0 Å². The van der Waals surface area contributed by atoms with E-state index in [1.54, 1.807) is 0 Å². The van der Waals surface area contributed by atoms with Crippen molar-refractivity contribution in [3.8, 4) is 23.6 Å². The molecule has 0 fully saturated rings. The second-order valence-corrected chi connectivity index (χ2v) is 7.86. The number of carbonyl (C=O) groups excluding carboxylic acids is 2. The lowest BCUT2D eigenvalue weighted by Gasteiger charge is -2.09. The van der Waals surface area contributed by atoms with Gasteiger partial charge in [-0.1, -0.05) is 12.1 Å². The molecule has 0 saturated carbocycles. The van der Waals surface area contributed by atoms with E-state index in [9.17, 15) is 18.4 Å². The Bertz CT molecular complexity index is 1450. The van der Waals surface area contributed by atoms with Crippen LogP contribution in [0.4, 0.5) is 8.78 Å². The number of carbonyl (C=O) groups is 2. The molecule has 4 aromatic carbocycles. The lowest BCUT2D eigenvalue weighted by atomic mass is 10.0. The van der Waals surface area contributed by atoms with Gasteiger partial charge >= 0.3 is 11.9 Å². The normalized spacial score (nSPS) is 10.2. The fourth-order valence-electron chi connectivity index (χ4n) is 3.42. The maximum atomic E-state index is 14.6. The van der Waals surface area contributed by atoms with Crippen LogP contribution in [-0.4, -0.2) is 11.9 Å². The van der Waals surface area contributed by atoms with Crippen molar-refractivity contribution in [2.45, 2.75) is 6.42 Å². The smallest absolute Gasteiger partial charge is 0.346 e. The van der Waals surface area contributed by atoms with Crippen molar-refractivity contribution in [3.63, 3.8) is 0 Å². The lowest BCUT2D eigenvalue weighted by molar-refractivity contribution is 0.0720. The van der Waals surface area contributed by atoms with E-state index in [-0.39, 0.29) is 29.0 Å². The number of halogens is 2. The summed E-state index contributed by atoms with van der Waals surface area (Å²) < 4.78 is 39.6. The molecule has 180 valence electrons. The van der Waals surface area contributed by atoms with E-state index >= 15 is 0 Å². The Labute approximate surface area is 210 Å². The van der Waals surface area contributed by atoms with Gasteiger partial charge in [0, 0.05) is 0 Å². The summed E-state index contributed by atoms with van der Waals surface area (Å²) in [6.07, 6.45) is 0.143. The molecule has 0 unspecified atom stereocenters. The highest BCUT2D eigenvalue weighted by Gasteiger charge is 2.17. The number of hydrogen-bond donors (Lipinski definition) is 0. The van der Waals surface area contributed by atoms with E-state index in [1.807, 2.05) is 12.1 Å². The Morgan fingerprint density at radius 3 is 1.32 bits per heavy atom. The first-order valence-electron chi connectivity index (χ1n) is 10.9. The number of rotatable bonds is 6. The maximum absolute atomic E-state index is 14.6. The minimum atomic E-state index is -0.898. The van der Waals surface area contributed by atoms with Gasteiger partial charge in [0.25, 0.3) is 0 Å². The van der Waals surface area contributed by atoms with Crippen molar-refractivity contribution in [2.75, 3.05) is 0 Å². The third-order valence-electron chi connectivity index (χ3n) is 5.30. The fourth-order valence-corrected chi connectivity index (χ4v) is 3.42. The van der Waals surface area contributed by atoms with Crippen LogP contribution in [0.2, 0.25) is 0 Å². The second-order valence-electron chi connectivity index (χ2n) is 7.86. The van der Waals surface area contributed by atoms with Crippen LogP contribution in [-0.2, 0) is 6.42 Å². The zero-order valence-electron chi connectivity index (χ0n) is 19.1. The summed E-state index contributed by atoms with van der Waals surface area (Å²) in [4.78, 5) is 24.7. The van der Waals surface area contributed by atoms with Gasteiger partial charge in [-0.2, -0.15) is 10.5 Å². The molecule has 0 amide bonds. The molecule has 6 nitrogen and oxygen atoms in total. The Hall–Kier alpha value is -5.34. The lowest BCUT2D eigenvalue weighted by Crippen LogP contribution is -2.11. The average molecular weight is 494 g/mol. The summed E-state index contributed by atoms with van der Waals surface area (Å²) in [7, 11) is 0. The molecule has 4 aromatic rings. The van der Waals surface area contributed by atoms with Gasteiger partial charge in [-0.15, -0.1) is 0 Å². The van der Waals surface area contributed by atoms with Crippen LogP contribution in [0.1, 0.15) is 43.0 Å². The van der Waals surface area contributed by atoms with Gasteiger partial charge in [-0.25, -0.2) is 18.4 Å². The van der Waals surface area contributed by atoms with Gasteiger partial charge in [0.15, 0.2) is 0 Å². The SMILES string of the molecule is N#Cc1ccc(OC(=O)c2ccc(Cc3ccc(C(=O)Oc4ccc(C#N)cc4)c(F)c3)cc2F)cc1. The predicted molar refractivity (Wildman–Crippen MR) is 128 cm³/mol. The maximum Gasteiger partial charge on any atom is 0.346 e. The number of ether oxygens (including phenoxy) is 2. The van der Waals surface area contributed by atoms with Crippen molar-refractivity contribution < 1.29 is 27.8 Å². The van der Waals surface area contributed by atoms with Crippen molar-refractivity contribution >= 4 is 11.9 Å². The number of benzene rings is 4. The summed E-state index contributed by atoms with van der Waals surface area (Å²) in [5, 5.41) is 17.6. The number of hydrogen-bond acceptors (Lipinski definition) is 6. The molecular formula is C29H16F2N2O4. The highest BCUT2D eigenvalue weighted by atomic mass is 19.1. The van der Waals surface area contributed by atoms with Crippen LogP contribution in [0.3, 0.4) is 0 Å². The third kappa shape index (κ3) is 6.02. The molecule has 0 spiro atoms. The van der Waals surface area contributed by atoms with Gasteiger partial charge in [0.2, 0.25) is 0 Å². The monoisotopic (exact) mass is 494 g/mol. The topological polar surface area (TPSA) is 100 Å². The van der Waals surface area contributed by atoms with Crippen molar-refractivity contribution in [1.82, 2.24) is 0 Å². The molecular weight excluding hydrogens is 478 g/mol. The Kier molecular flexibility index (Phi) is 7.32. The predicted octanol–water partition coefficient (Wildman–Crippen LogP) is 5.74. The minimum Gasteiger partial charge on any atom is -0.423 e. The van der Waals surface area contributed by atoms with E-state index in [2.05, 4.69) is 0 Å². The van der Waals surface area contributed by atoms with Crippen LogP contribution in [0.5, 0.6) is 11.5 Å². The average Bonchev–Trinajstić information content (AvgIpc) is 2.89. The molecule has 0 aromatic heterocycles. The Morgan fingerprint density at radius 1 is 0.622 bits per heavy atom. The number of esters is 2. The standard InChI is InChI=1S/C29H16F2N2O4/c30-26-14-20(5-11-24(26)28(34)36-22-7-1-18(16-32)2-8-22)13-21-6-12-25(27(31)15-21)29(35)37-23-9-3-19(17-33)4-10-23/h1-12,14-15H,13H2. The van der Waals surface area contributed by atoms with E-state index in [1.165, 1.54) is 72.8 Å². The largest absolute Gasteiger partial charge is 0.423 e. The van der Waals surface area contributed by atoms with Crippen LogP contribution in [0, 0.1) is 34.3 Å². The first-order valence-corrected chi connectivity index (χ1v) is 10.9. The zero-order chi connectivity index (χ0) is 26.4. The van der Waals surface area contributed by atoms with Crippen molar-refractivity contribution in [3.05, 3.63) is 130 Å². The Morgan fingerprint density at radius 2 is 1.00 bits per heavy atom. The molecule has 0 aliphatic rings. The molecule has 0 atom stereocenters. The molecule has 0 aliphatic carbocycles. The third-order valence-corrected chi connectivity index (χ3v) is 5.30. The van der Waals surface area contributed by atoms with Gasteiger partial charge < -0.3 is 9.47 Å². The summed E-state index contributed by atoms with van der Waals surface area (Å²) >= 11 is 0. The van der Waals surface area contributed by atoms with E-state index in [0.717, 1.165) is 12.1 Å². The van der Waals surface area contributed by atoms with Gasteiger partial charge in [-0.3, -0.25) is 0 Å². The van der Waals surface area contributed by atoms with Crippen LogP contribution in [0.25, 0.3) is 0 Å². The summed E-state index contributed by atoms with van der Waals surface area (Å²) in [6.45, 7) is 0. The van der Waals surface area contributed by atoms with Crippen LogP contribution < -0.4 is 9.47 Å². The summed E-state index contributed by atoms with van der Waals surface area (Å²) in [6, 6.07) is 23.4. The molecule has 0 aliphatic heterocycles. The van der Waals surface area contributed by atoms with E-state index < -0.39 is 23.6 Å². The van der Waals surface area contributed by atoms with E-state index in [0.29, 0.717) is 22.3 Å². The first-order chi connectivity index (χ1) is 17.9. The highest BCUT2D eigenvalue weighted by Crippen LogP contribution is 2.21. The molecule has 8 heteroatoms. The molecule has 0 radical (unpaired) electrons. The van der Waals surface area contributed by atoms with Crippen LogP contribution >= 0.6 is 0 Å². The van der Waals surface area contributed by atoms with Gasteiger partial charge in [0.1, 0.15) is 23.1 Å². The highest BCUT2D eigenvalue weighted by molar-refractivity contribution is 5.92. The Balaban J connectivity index is 1.42. The minimum absolute atomic E-state index is 0.143. The zero-order valence-corrected chi connectivity index (χ0v) is 19.1. The van der Waals surface area contributed by atoms with Gasteiger partial charge in [-0.05, 0) is 90.3 Å². The molecule has 0 N–H and O–H groups in total.